The summed E-state index contributed by atoms with van der Waals surface area (Å²) in [5, 5.41) is 30.9. The maximum absolute atomic E-state index is 10.4. The second-order valence-electron chi connectivity index (χ2n) is 6.19. The standard InChI is InChI=1S/2C6H6N2O.4C3H6O2/c2*7-6(9)5-1-3-8-4-2-5;4*1-2-3(4)5/h2*1-4H,(H2,7,9);4*2H2,1H3,(H,4,5). The predicted octanol–water partition coefficient (Wildman–Crippen LogP) is 2.29. The average molecular weight is 541 g/mol. The van der Waals surface area contributed by atoms with E-state index in [2.05, 4.69) is 9.97 Å². The Hall–Kier alpha value is -4.88. The topological polar surface area (TPSA) is 261 Å². The predicted molar refractivity (Wildman–Crippen MR) is 137 cm³/mol. The van der Waals surface area contributed by atoms with E-state index >= 15 is 0 Å². The third kappa shape index (κ3) is 38.4. The number of carboxylic acids is 4. The molecule has 14 heteroatoms. The van der Waals surface area contributed by atoms with Crippen LogP contribution in [0.1, 0.15) is 74.1 Å². The average Bonchev–Trinajstić information content (AvgIpc) is 2.91. The molecule has 0 aliphatic heterocycles. The molecule has 0 fully saturated rings. The minimum Gasteiger partial charge on any atom is -0.481 e. The van der Waals surface area contributed by atoms with E-state index < -0.39 is 35.7 Å². The fourth-order valence-electron chi connectivity index (χ4n) is 1.03. The normalized spacial score (nSPS) is 8.11. The molecule has 0 radical (unpaired) electrons. The fraction of sp³-hybridized carbons (Fsp3) is 0.333. The van der Waals surface area contributed by atoms with Gasteiger partial charge in [0.15, 0.2) is 0 Å². The highest BCUT2D eigenvalue weighted by molar-refractivity contribution is 5.92. The zero-order valence-electron chi connectivity index (χ0n) is 21.7. The Bertz CT molecular complexity index is 834. The number of pyridine rings is 2. The van der Waals surface area contributed by atoms with Crippen LogP contribution in [0.5, 0.6) is 0 Å². The lowest BCUT2D eigenvalue weighted by Crippen LogP contribution is -2.10. The molecule has 0 aliphatic rings. The summed E-state index contributed by atoms with van der Waals surface area (Å²) in [6, 6.07) is 6.29. The van der Waals surface area contributed by atoms with Crippen molar-refractivity contribution in [1.82, 2.24) is 9.97 Å². The number of nitrogens with two attached hydrogens (primary N) is 2. The Morgan fingerprint density at radius 3 is 0.763 bits per heavy atom. The molecular weight excluding hydrogens is 504 g/mol. The second kappa shape index (κ2) is 28.4. The summed E-state index contributed by atoms with van der Waals surface area (Å²) in [6.07, 6.45) is 7.00. The van der Waals surface area contributed by atoms with Gasteiger partial charge < -0.3 is 31.9 Å². The molecule has 0 saturated heterocycles. The first-order chi connectivity index (χ1) is 17.7. The van der Waals surface area contributed by atoms with Crippen LogP contribution in [0.3, 0.4) is 0 Å². The van der Waals surface area contributed by atoms with Gasteiger partial charge in [-0.15, -0.1) is 0 Å². The van der Waals surface area contributed by atoms with E-state index in [-0.39, 0.29) is 25.7 Å². The van der Waals surface area contributed by atoms with E-state index in [0.717, 1.165) is 0 Å². The lowest BCUT2D eigenvalue weighted by atomic mass is 10.3. The number of hydrogen-bond donors (Lipinski definition) is 6. The van der Waals surface area contributed by atoms with Gasteiger partial charge in [0.05, 0.1) is 0 Å². The lowest BCUT2D eigenvalue weighted by molar-refractivity contribution is -0.137. The Morgan fingerprint density at radius 2 is 0.684 bits per heavy atom. The van der Waals surface area contributed by atoms with E-state index in [4.69, 9.17) is 31.9 Å². The van der Waals surface area contributed by atoms with Gasteiger partial charge in [-0.2, -0.15) is 0 Å². The third-order valence-corrected chi connectivity index (χ3v) is 3.14. The number of amides is 2. The van der Waals surface area contributed by atoms with Crippen LogP contribution in [-0.2, 0) is 19.2 Å². The van der Waals surface area contributed by atoms with Crippen LogP contribution in [0.15, 0.2) is 49.1 Å². The summed E-state index contributed by atoms with van der Waals surface area (Å²) in [7, 11) is 0. The molecule has 2 aromatic rings. The van der Waals surface area contributed by atoms with Gasteiger partial charge in [-0.05, 0) is 24.3 Å². The minimum absolute atomic E-state index is 0.222. The highest BCUT2D eigenvalue weighted by Crippen LogP contribution is 1.92. The lowest BCUT2D eigenvalue weighted by Gasteiger charge is -1.88. The molecule has 0 spiro atoms. The number of carboxylic acid groups (broad SMARTS) is 4. The van der Waals surface area contributed by atoms with Crippen molar-refractivity contribution in [2.75, 3.05) is 0 Å². The quantitative estimate of drug-likeness (QED) is 0.308. The number of carbonyl (C=O) groups excluding carboxylic acids is 2. The van der Waals surface area contributed by atoms with Crippen LogP contribution in [-0.4, -0.2) is 66.1 Å². The number of carbonyl (C=O) groups is 6. The monoisotopic (exact) mass is 540 g/mol. The Balaban J connectivity index is -0.000000188. The largest absolute Gasteiger partial charge is 0.481 e. The van der Waals surface area contributed by atoms with Crippen LogP contribution in [0.2, 0.25) is 0 Å². The van der Waals surface area contributed by atoms with E-state index in [1.165, 1.54) is 24.8 Å². The van der Waals surface area contributed by atoms with Crippen molar-refractivity contribution in [2.24, 2.45) is 11.5 Å². The minimum atomic E-state index is -0.745. The molecule has 38 heavy (non-hydrogen) atoms. The molecule has 8 N–H and O–H groups in total. The summed E-state index contributed by atoms with van der Waals surface area (Å²) in [6.45, 7) is 6.40. The van der Waals surface area contributed by atoms with Crippen molar-refractivity contribution >= 4 is 35.7 Å². The van der Waals surface area contributed by atoms with Gasteiger partial charge in [0.1, 0.15) is 0 Å². The van der Waals surface area contributed by atoms with Crippen LogP contribution in [0, 0.1) is 0 Å². The summed E-state index contributed by atoms with van der Waals surface area (Å²) in [5.74, 6) is -3.82. The number of primary amides is 2. The smallest absolute Gasteiger partial charge is 0.303 e. The molecule has 2 aromatic heterocycles. The number of aromatic nitrogens is 2. The van der Waals surface area contributed by atoms with Crippen molar-refractivity contribution < 1.29 is 49.2 Å². The zero-order chi connectivity index (χ0) is 30.5. The van der Waals surface area contributed by atoms with Gasteiger partial charge in [0, 0.05) is 61.6 Å². The first kappa shape index (κ1) is 40.3. The highest BCUT2D eigenvalue weighted by atomic mass is 16.4. The van der Waals surface area contributed by atoms with E-state index in [9.17, 15) is 28.8 Å². The van der Waals surface area contributed by atoms with Crippen molar-refractivity contribution in [3.63, 3.8) is 0 Å². The van der Waals surface area contributed by atoms with Gasteiger partial charge in [0.2, 0.25) is 11.8 Å². The Kier molecular flexibility index (Phi) is 30.1. The maximum atomic E-state index is 10.4. The van der Waals surface area contributed by atoms with Crippen molar-refractivity contribution in [2.45, 2.75) is 53.4 Å². The molecular formula is C24H36N4O10. The molecule has 0 saturated carbocycles. The first-order valence-corrected chi connectivity index (χ1v) is 11.0. The number of aliphatic carboxylic acids is 4. The molecule has 0 aromatic carbocycles. The maximum Gasteiger partial charge on any atom is 0.303 e. The van der Waals surface area contributed by atoms with E-state index in [0.29, 0.717) is 11.1 Å². The van der Waals surface area contributed by atoms with Crippen LogP contribution >= 0.6 is 0 Å². The van der Waals surface area contributed by atoms with E-state index in [1.54, 1.807) is 52.0 Å². The summed E-state index contributed by atoms with van der Waals surface area (Å²) in [5.41, 5.74) is 10.9. The number of nitrogens with zero attached hydrogens (tertiary/aromatic N) is 2. The molecule has 0 atom stereocenters. The van der Waals surface area contributed by atoms with Gasteiger partial charge in [0.25, 0.3) is 0 Å². The molecule has 14 nitrogen and oxygen atoms in total. The highest BCUT2D eigenvalue weighted by Gasteiger charge is 1.95. The molecule has 2 heterocycles. The molecule has 0 bridgehead atoms. The van der Waals surface area contributed by atoms with Gasteiger partial charge in [-0.1, -0.05) is 27.7 Å². The second-order valence-corrected chi connectivity index (χ2v) is 6.19. The summed E-state index contributed by atoms with van der Waals surface area (Å²) < 4.78 is 0. The number of hydrogen-bond acceptors (Lipinski definition) is 8. The summed E-state index contributed by atoms with van der Waals surface area (Å²) >= 11 is 0. The first-order valence-electron chi connectivity index (χ1n) is 11.0. The third-order valence-electron chi connectivity index (χ3n) is 3.14. The van der Waals surface area contributed by atoms with Crippen molar-refractivity contribution in [3.8, 4) is 0 Å². The Morgan fingerprint density at radius 1 is 0.526 bits per heavy atom. The SMILES string of the molecule is CCC(=O)O.CCC(=O)O.CCC(=O)O.CCC(=O)O.NC(=O)c1ccncc1.NC(=O)c1ccncc1. The summed E-state index contributed by atoms with van der Waals surface area (Å²) in [4.78, 5) is 65.7. The molecule has 212 valence electrons. The van der Waals surface area contributed by atoms with Gasteiger partial charge in [-0.25, -0.2) is 0 Å². The van der Waals surface area contributed by atoms with E-state index in [1.807, 2.05) is 0 Å². The molecule has 0 aliphatic carbocycles. The van der Waals surface area contributed by atoms with Gasteiger partial charge in [-0.3, -0.25) is 38.7 Å². The molecule has 2 rings (SSSR count). The molecule has 2 amide bonds. The van der Waals surface area contributed by atoms with Crippen LogP contribution < -0.4 is 11.5 Å². The van der Waals surface area contributed by atoms with Crippen molar-refractivity contribution in [1.29, 1.82) is 0 Å². The Labute approximate surface area is 220 Å². The molecule has 0 unspecified atom stereocenters. The van der Waals surface area contributed by atoms with Crippen LogP contribution in [0.4, 0.5) is 0 Å². The zero-order valence-corrected chi connectivity index (χ0v) is 21.7. The number of rotatable bonds is 6. The van der Waals surface area contributed by atoms with Gasteiger partial charge >= 0.3 is 23.9 Å². The van der Waals surface area contributed by atoms with Crippen molar-refractivity contribution in [3.05, 3.63) is 60.2 Å². The van der Waals surface area contributed by atoms with Crippen LogP contribution in [0.25, 0.3) is 0 Å². The fourth-order valence-corrected chi connectivity index (χ4v) is 1.03.